The minimum atomic E-state index is -0.774. The molecule has 2 aromatic heterocycles. The summed E-state index contributed by atoms with van der Waals surface area (Å²) < 4.78 is 0. The molecule has 8 heteroatoms. The van der Waals surface area contributed by atoms with Gasteiger partial charge in [-0.25, -0.2) is 0 Å². The Morgan fingerprint density at radius 1 is 1.12 bits per heavy atom. The molecule has 0 radical (unpaired) electrons. The van der Waals surface area contributed by atoms with Gasteiger partial charge >= 0.3 is 11.1 Å². The zero-order chi connectivity index (χ0) is 12.0. The lowest BCUT2D eigenvalue weighted by Gasteiger charge is -1.98. The predicted molar refractivity (Wildman–Crippen MR) is 57.4 cm³/mol. The Morgan fingerprint density at radius 3 is 2.59 bits per heavy atom. The molecule has 0 atom stereocenters. The van der Waals surface area contributed by atoms with Crippen molar-refractivity contribution in [2.24, 2.45) is 0 Å². The average molecular weight is 228 g/mol. The summed E-state index contributed by atoms with van der Waals surface area (Å²) in [6.07, 6.45) is 0. The van der Waals surface area contributed by atoms with E-state index < -0.39 is 11.1 Å². The third-order valence-electron chi connectivity index (χ3n) is 2.41. The molecule has 0 unspecified atom stereocenters. The van der Waals surface area contributed by atoms with Crippen molar-refractivity contribution in [2.45, 2.75) is 0 Å². The lowest BCUT2D eigenvalue weighted by atomic mass is 10.1. The molecule has 3 aromatic rings. The minimum absolute atomic E-state index is 0.268. The Labute approximate surface area is 91.9 Å². The molecular weight excluding hydrogens is 224 g/mol. The molecular formula is C9H4N6O2. The van der Waals surface area contributed by atoms with Gasteiger partial charge in [0.2, 0.25) is 0 Å². The monoisotopic (exact) mass is 228 g/mol. The van der Waals surface area contributed by atoms with Crippen LogP contribution in [0.2, 0.25) is 0 Å². The molecule has 3 N–H and O–H groups in total. The Kier molecular flexibility index (Phi) is 1.65. The quantitative estimate of drug-likeness (QED) is 0.440. The van der Waals surface area contributed by atoms with Gasteiger partial charge in [0.25, 0.3) is 0 Å². The fourth-order valence-corrected chi connectivity index (χ4v) is 1.67. The first kappa shape index (κ1) is 9.29. The number of aromatic nitrogens is 5. The van der Waals surface area contributed by atoms with E-state index in [-0.39, 0.29) is 5.56 Å². The van der Waals surface area contributed by atoms with E-state index in [1.54, 1.807) is 0 Å². The van der Waals surface area contributed by atoms with E-state index in [0.717, 1.165) is 0 Å². The van der Waals surface area contributed by atoms with Crippen LogP contribution in [0.25, 0.3) is 22.1 Å². The number of hydrogen-bond donors (Lipinski definition) is 3. The van der Waals surface area contributed by atoms with Crippen LogP contribution in [0.1, 0.15) is 5.56 Å². The fourth-order valence-electron chi connectivity index (χ4n) is 1.67. The van der Waals surface area contributed by atoms with E-state index >= 15 is 0 Å². The number of benzene rings is 1. The summed E-state index contributed by atoms with van der Waals surface area (Å²) in [5.41, 5.74) is 0.0969. The van der Waals surface area contributed by atoms with Crippen LogP contribution in [0, 0.1) is 11.3 Å². The second kappa shape index (κ2) is 3.02. The minimum Gasteiger partial charge on any atom is -0.316 e. The second-order valence-corrected chi connectivity index (χ2v) is 3.39. The predicted octanol–water partition coefficient (Wildman–Crippen LogP) is -0.641. The smallest absolute Gasteiger partial charge is 0.314 e. The first-order valence-corrected chi connectivity index (χ1v) is 4.60. The van der Waals surface area contributed by atoms with Crippen molar-refractivity contribution in [3.8, 4) is 6.07 Å². The van der Waals surface area contributed by atoms with Crippen LogP contribution in [0.3, 0.4) is 0 Å². The van der Waals surface area contributed by atoms with E-state index in [1.807, 2.05) is 6.07 Å². The lowest BCUT2D eigenvalue weighted by molar-refractivity contribution is 0.959. The third kappa shape index (κ3) is 1.16. The molecule has 0 aliphatic heterocycles. The van der Waals surface area contributed by atoms with Crippen molar-refractivity contribution in [2.75, 3.05) is 0 Å². The van der Waals surface area contributed by atoms with E-state index in [2.05, 4.69) is 25.4 Å². The highest BCUT2D eigenvalue weighted by Gasteiger charge is 2.12. The Hall–Kier alpha value is -2.95. The van der Waals surface area contributed by atoms with Gasteiger partial charge in [0.15, 0.2) is 0 Å². The number of nitriles is 1. The van der Waals surface area contributed by atoms with E-state index in [4.69, 9.17) is 5.26 Å². The van der Waals surface area contributed by atoms with Crippen LogP contribution in [0.5, 0.6) is 0 Å². The van der Waals surface area contributed by atoms with Gasteiger partial charge in [-0.15, -0.1) is 0 Å². The van der Waals surface area contributed by atoms with Crippen LogP contribution in [0.4, 0.5) is 0 Å². The van der Waals surface area contributed by atoms with Gasteiger partial charge in [0.1, 0.15) is 17.1 Å². The number of fused-ring (bicyclic) bond motifs is 3. The van der Waals surface area contributed by atoms with E-state index in [0.29, 0.717) is 22.1 Å². The Balaban J connectivity index is 2.69. The van der Waals surface area contributed by atoms with Gasteiger partial charge < -0.3 is 9.97 Å². The molecule has 0 bridgehead atoms. The van der Waals surface area contributed by atoms with Gasteiger partial charge in [0, 0.05) is 0 Å². The van der Waals surface area contributed by atoms with Gasteiger partial charge in [-0.05, 0) is 6.07 Å². The van der Waals surface area contributed by atoms with Crippen LogP contribution in [-0.4, -0.2) is 25.4 Å². The van der Waals surface area contributed by atoms with Crippen molar-refractivity contribution in [1.82, 2.24) is 25.4 Å². The molecule has 0 fully saturated rings. The van der Waals surface area contributed by atoms with Crippen LogP contribution >= 0.6 is 0 Å². The summed E-state index contributed by atoms with van der Waals surface area (Å²) in [6.45, 7) is 0. The van der Waals surface area contributed by atoms with Crippen molar-refractivity contribution in [1.29, 1.82) is 5.26 Å². The molecule has 0 saturated carbocycles. The maximum absolute atomic E-state index is 11.2. The third-order valence-corrected chi connectivity index (χ3v) is 2.41. The zero-order valence-electron chi connectivity index (χ0n) is 8.24. The Bertz CT molecular complexity index is 894. The summed E-state index contributed by atoms with van der Waals surface area (Å²) in [5.74, 6) is 0. The summed E-state index contributed by atoms with van der Waals surface area (Å²) >= 11 is 0. The zero-order valence-corrected chi connectivity index (χ0v) is 8.24. The SMILES string of the molecule is N#Cc1cc2[nH]c(=O)c(=O)[nH]c2c2n[nH]nc12. The van der Waals surface area contributed by atoms with Crippen molar-refractivity contribution < 1.29 is 0 Å². The van der Waals surface area contributed by atoms with Crippen molar-refractivity contribution in [3.63, 3.8) is 0 Å². The van der Waals surface area contributed by atoms with Gasteiger partial charge in [0.05, 0.1) is 16.6 Å². The summed E-state index contributed by atoms with van der Waals surface area (Å²) in [7, 11) is 0. The average Bonchev–Trinajstić information content (AvgIpc) is 2.79. The number of hydrogen-bond acceptors (Lipinski definition) is 5. The summed E-state index contributed by atoms with van der Waals surface area (Å²) in [4.78, 5) is 27.2. The van der Waals surface area contributed by atoms with Crippen LogP contribution in [0.15, 0.2) is 15.7 Å². The number of aromatic amines is 3. The van der Waals surface area contributed by atoms with E-state index in [9.17, 15) is 9.59 Å². The molecule has 0 aliphatic rings. The Morgan fingerprint density at radius 2 is 1.82 bits per heavy atom. The molecule has 17 heavy (non-hydrogen) atoms. The molecule has 8 nitrogen and oxygen atoms in total. The van der Waals surface area contributed by atoms with Gasteiger partial charge in [-0.3, -0.25) is 9.59 Å². The van der Waals surface area contributed by atoms with Gasteiger partial charge in [-0.2, -0.15) is 20.7 Å². The van der Waals surface area contributed by atoms with Gasteiger partial charge in [-0.1, -0.05) is 0 Å². The normalized spacial score (nSPS) is 10.8. The molecule has 3 rings (SSSR count). The first-order valence-electron chi connectivity index (χ1n) is 4.60. The lowest BCUT2D eigenvalue weighted by Crippen LogP contribution is -2.29. The largest absolute Gasteiger partial charge is 0.316 e. The first-order chi connectivity index (χ1) is 8.20. The maximum Gasteiger partial charge on any atom is 0.314 e. The highest BCUT2D eigenvalue weighted by Crippen LogP contribution is 2.20. The highest BCUT2D eigenvalue weighted by molar-refractivity contribution is 6.01. The molecule has 0 spiro atoms. The molecule has 0 aliphatic carbocycles. The molecule has 2 heterocycles. The number of rotatable bonds is 0. The molecule has 82 valence electrons. The number of nitrogens with one attached hydrogen (secondary N) is 3. The molecule has 1 aromatic carbocycles. The van der Waals surface area contributed by atoms with Crippen LogP contribution in [-0.2, 0) is 0 Å². The maximum atomic E-state index is 11.2. The molecule has 0 amide bonds. The highest BCUT2D eigenvalue weighted by atomic mass is 16.2. The van der Waals surface area contributed by atoms with Crippen LogP contribution < -0.4 is 11.1 Å². The molecule has 0 saturated heterocycles. The fraction of sp³-hybridized carbons (Fsp3) is 0. The van der Waals surface area contributed by atoms with Crippen molar-refractivity contribution >= 4 is 22.1 Å². The topological polar surface area (TPSA) is 131 Å². The summed E-state index contributed by atoms with van der Waals surface area (Å²) in [6, 6.07) is 3.39. The summed E-state index contributed by atoms with van der Waals surface area (Å²) in [5, 5.41) is 19.0. The number of H-pyrrole nitrogens is 3. The second-order valence-electron chi connectivity index (χ2n) is 3.39. The number of nitrogens with zero attached hydrogens (tertiary/aromatic N) is 3. The standard InChI is InChI=1S/C9H4N6O2/c10-2-3-1-4-6(7-5(3)13-15-14-7)12-9(17)8(16)11-4/h1H,(H,11,16)(H,12,17)(H,13,14,15). The van der Waals surface area contributed by atoms with Crippen molar-refractivity contribution in [3.05, 3.63) is 32.3 Å². The van der Waals surface area contributed by atoms with E-state index in [1.165, 1.54) is 6.07 Å².